The molecule has 1 aromatic rings. The number of aliphatic hydroxyl groups is 1. The third-order valence-electron chi connectivity index (χ3n) is 2.57. The van der Waals surface area contributed by atoms with E-state index in [0.29, 0.717) is 19.8 Å². The van der Waals surface area contributed by atoms with Crippen LogP contribution in [0.3, 0.4) is 0 Å². The lowest BCUT2D eigenvalue weighted by molar-refractivity contribution is -0.0377. The molecule has 102 valence electrons. The molecule has 1 unspecified atom stereocenters. The van der Waals surface area contributed by atoms with E-state index in [0.717, 1.165) is 17.9 Å². The van der Waals surface area contributed by atoms with E-state index in [4.69, 9.17) is 9.47 Å². The molecule has 0 fully saturated rings. The minimum absolute atomic E-state index is 0.303. The fourth-order valence-electron chi connectivity index (χ4n) is 1.60. The average molecular weight is 253 g/mol. The molecule has 0 saturated heterocycles. The summed E-state index contributed by atoms with van der Waals surface area (Å²) < 4.78 is 10.7. The van der Waals surface area contributed by atoms with Crippen molar-refractivity contribution in [3.63, 3.8) is 0 Å². The zero-order valence-corrected chi connectivity index (χ0v) is 11.4. The Bertz CT molecular complexity index is 353. The van der Waals surface area contributed by atoms with E-state index < -0.39 is 5.60 Å². The summed E-state index contributed by atoms with van der Waals surface area (Å²) in [5, 5.41) is 13.1. The number of hydrogen-bond acceptors (Lipinski definition) is 4. The highest BCUT2D eigenvalue weighted by Crippen LogP contribution is 2.14. The molecule has 0 amide bonds. The van der Waals surface area contributed by atoms with Crippen LogP contribution in [0.1, 0.15) is 19.4 Å². The van der Waals surface area contributed by atoms with Crippen LogP contribution in [-0.4, -0.2) is 37.5 Å². The van der Waals surface area contributed by atoms with Crippen molar-refractivity contribution in [2.24, 2.45) is 0 Å². The van der Waals surface area contributed by atoms with Gasteiger partial charge in [-0.15, -0.1) is 0 Å². The van der Waals surface area contributed by atoms with Crippen LogP contribution in [-0.2, 0) is 11.3 Å². The maximum atomic E-state index is 10.0. The summed E-state index contributed by atoms with van der Waals surface area (Å²) in [6.45, 7) is 5.92. The van der Waals surface area contributed by atoms with Gasteiger partial charge < -0.3 is 19.9 Å². The number of ether oxygens (including phenoxy) is 2. The van der Waals surface area contributed by atoms with E-state index in [9.17, 15) is 5.11 Å². The van der Waals surface area contributed by atoms with Crippen LogP contribution in [0.4, 0.5) is 0 Å². The van der Waals surface area contributed by atoms with E-state index in [1.54, 1.807) is 14.0 Å². The highest BCUT2D eigenvalue weighted by atomic mass is 16.5. The van der Waals surface area contributed by atoms with Crippen molar-refractivity contribution in [2.75, 3.05) is 26.8 Å². The summed E-state index contributed by atoms with van der Waals surface area (Å²) in [6.07, 6.45) is 0. The largest absolute Gasteiger partial charge is 0.497 e. The van der Waals surface area contributed by atoms with E-state index in [2.05, 4.69) is 5.32 Å². The Labute approximate surface area is 109 Å². The Kier molecular flexibility index (Phi) is 6.12. The molecule has 0 heterocycles. The number of benzene rings is 1. The maximum absolute atomic E-state index is 10.0. The second kappa shape index (κ2) is 7.36. The molecule has 0 spiro atoms. The first-order valence-corrected chi connectivity index (χ1v) is 6.21. The monoisotopic (exact) mass is 253 g/mol. The molecule has 2 N–H and O–H groups in total. The second-order valence-electron chi connectivity index (χ2n) is 4.62. The molecule has 1 atom stereocenters. The summed E-state index contributed by atoms with van der Waals surface area (Å²) in [6, 6.07) is 7.72. The van der Waals surface area contributed by atoms with Crippen molar-refractivity contribution in [1.29, 1.82) is 0 Å². The maximum Gasteiger partial charge on any atom is 0.119 e. The van der Waals surface area contributed by atoms with Crippen molar-refractivity contribution < 1.29 is 14.6 Å². The molecule has 0 aliphatic heterocycles. The summed E-state index contributed by atoms with van der Waals surface area (Å²) in [5.41, 5.74) is 0.197. The quantitative estimate of drug-likeness (QED) is 0.738. The Balaban J connectivity index is 2.36. The van der Waals surface area contributed by atoms with Crippen molar-refractivity contribution in [2.45, 2.75) is 26.1 Å². The highest BCUT2D eigenvalue weighted by Gasteiger charge is 2.19. The normalized spacial score (nSPS) is 14.2. The zero-order chi connectivity index (χ0) is 13.4. The van der Waals surface area contributed by atoms with Gasteiger partial charge in [0.05, 0.1) is 25.9 Å². The first kappa shape index (κ1) is 15.0. The number of nitrogens with one attached hydrogen (secondary N) is 1. The standard InChI is InChI=1S/C14H23NO3/c1-4-15-10-14(2,16)11-18-9-12-6-5-7-13(8-12)17-3/h5-8,15-16H,4,9-11H2,1-3H3. The molecule has 4 heteroatoms. The molecule has 0 aliphatic rings. The first-order valence-electron chi connectivity index (χ1n) is 6.21. The van der Waals surface area contributed by atoms with Crippen LogP contribution in [0.5, 0.6) is 5.75 Å². The summed E-state index contributed by atoms with van der Waals surface area (Å²) in [5.74, 6) is 0.815. The van der Waals surface area contributed by atoms with Crippen LogP contribution in [0, 0.1) is 0 Å². The predicted molar refractivity (Wildman–Crippen MR) is 71.8 cm³/mol. The van der Waals surface area contributed by atoms with E-state index in [-0.39, 0.29) is 0 Å². The minimum Gasteiger partial charge on any atom is -0.497 e. The number of hydrogen-bond donors (Lipinski definition) is 2. The Morgan fingerprint density at radius 2 is 2.17 bits per heavy atom. The SMILES string of the molecule is CCNCC(C)(O)COCc1cccc(OC)c1. The molecule has 1 rings (SSSR count). The van der Waals surface area contributed by atoms with Crippen LogP contribution in [0.25, 0.3) is 0 Å². The molecule has 0 aliphatic carbocycles. The van der Waals surface area contributed by atoms with Crippen molar-refractivity contribution >= 4 is 0 Å². The van der Waals surface area contributed by atoms with Crippen LogP contribution in [0.2, 0.25) is 0 Å². The Hall–Kier alpha value is -1.10. The zero-order valence-electron chi connectivity index (χ0n) is 11.4. The van der Waals surface area contributed by atoms with E-state index in [1.165, 1.54) is 0 Å². The molecular weight excluding hydrogens is 230 g/mol. The lowest BCUT2D eigenvalue weighted by Crippen LogP contribution is -2.41. The summed E-state index contributed by atoms with van der Waals surface area (Å²) >= 11 is 0. The Morgan fingerprint density at radius 3 is 2.83 bits per heavy atom. The smallest absolute Gasteiger partial charge is 0.119 e. The van der Waals surface area contributed by atoms with Crippen molar-refractivity contribution in [3.05, 3.63) is 29.8 Å². The molecule has 0 aromatic heterocycles. The van der Waals surface area contributed by atoms with Gasteiger partial charge in [0.1, 0.15) is 5.75 Å². The van der Waals surface area contributed by atoms with Gasteiger partial charge in [0, 0.05) is 6.54 Å². The van der Waals surface area contributed by atoms with Gasteiger partial charge in [0.2, 0.25) is 0 Å². The van der Waals surface area contributed by atoms with Crippen LogP contribution in [0.15, 0.2) is 24.3 Å². The van der Waals surface area contributed by atoms with Gasteiger partial charge >= 0.3 is 0 Å². The minimum atomic E-state index is -0.838. The fraction of sp³-hybridized carbons (Fsp3) is 0.571. The molecule has 18 heavy (non-hydrogen) atoms. The van der Waals surface area contributed by atoms with Gasteiger partial charge in [0.25, 0.3) is 0 Å². The van der Waals surface area contributed by atoms with Crippen LogP contribution >= 0.6 is 0 Å². The van der Waals surface area contributed by atoms with Gasteiger partial charge in [0.15, 0.2) is 0 Å². The molecule has 4 nitrogen and oxygen atoms in total. The molecule has 0 saturated carbocycles. The van der Waals surface area contributed by atoms with Gasteiger partial charge in [-0.05, 0) is 31.2 Å². The third kappa shape index (κ3) is 5.49. The van der Waals surface area contributed by atoms with Crippen molar-refractivity contribution in [3.8, 4) is 5.75 Å². The molecular formula is C14H23NO3. The summed E-state index contributed by atoms with van der Waals surface area (Å²) in [4.78, 5) is 0. The fourth-order valence-corrected chi connectivity index (χ4v) is 1.60. The molecule has 0 bridgehead atoms. The van der Waals surface area contributed by atoms with Gasteiger partial charge in [-0.25, -0.2) is 0 Å². The molecule has 1 aromatic carbocycles. The van der Waals surface area contributed by atoms with E-state index >= 15 is 0 Å². The highest BCUT2D eigenvalue weighted by molar-refractivity contribution is 5.27. The van der Waals surface area contributed by atoms with Gasteiger partial charge in [-0.1, -0.05) is 19.1 Å². The Morgan fingerprint density at radius 1 is 1.39 bits per heavy atom. The third-order valence-corrected chi connectivity index (χ3v) is 2.57. The average Bonchev–Trinajstić information content (AvgIpc) is 2.36. The number of likely N-dealkylation sites (N-methyl/N-ethyl adjacent to an activating group) is 1. The lowest BCUT2D eigenvalue weighted by Gasteiger charge is -2.23. The summed E-state index contributed by atoms with van der Waals surface area (Å²) in [7, 11) is 1.64. The van der Waals surface area contributed by atoms with Gasteiger partial charge in [-0.3, -0.25) is 0 Å². The second-order valence-corrected chi connectivity index (χ2v) is 4.62. The van der Waals surface area contributed by atoms with Crippen LogP contribution < -0.4 is 10.1 Å². The number of methoxy groups -OCH3 is 1. The topological polar surface area (TPSA) is 50.7 Å². The van der Waals surface area contributed by atoms with Crippen molar-refractivity contribution in [1.82, 2.24) is 5.32 Å². The molecule has 0 radical (unpaired) electrons. The van der Waals surface area contributed by atoms with Gasteiger partial charge in [-0.2, -0.15) is 0 Å². The van der Waals surface area contributed by atoms with E-state index in [1.807, 2.05) is 31.2 Å². The predicted octanol–water partition coefficient (Wildman–Crippen LogP) is 1.57. The first-order chi connectivity index (χ1) is 8.57. The number of rotatable bonds is 8. The lowest BCUT2D eigenvalue weighted by atomic mass is 10.1.